The van der Waals surface area contributed by atoms with Gasteiger partial charge in [0.15, 0.2) is 0 Å². The minimum absolute atomic E-state index is 0.0695. The van der Waals surface area contributed by atoms with Gasteiger partial charge in [0.1, 0.15) is 0 Å². The highest BCUT2D eigenvalue weighted by atomic mass is 16.4. The van der Waals surface area contributed by atoms with E-state index in [1.807, 2.05) is 4.90 Å². The zero-order valence-corrected chi connectivity index (χ0v) is 8.53. The van der Waals surface area contributed by atoms with Crippen molar-refractivity contribution in [2.45, 2.75) is 45.1 Å². The molecular weight excluding hydrogens is 182 g/mol. The number of hydrogen-bond acceptors (Lipinski definition) is 2. The molecule has 4 nitrogen and oxygen atoms in total. The van der Waals surface area contributed by atoms with E-state index in [0.717, 1.165) is 25.8 Å². The summed E-state index contributed by atoms with van der Waals surface area (Å²) in [7, 11) is 0. The van der Waals surface area contributed by atoms with Gasteiger partial charge in [-0.15, -0.1) is 0 Å². The van der Waals surface area contributed by atoms with E-state index in [1.54, 1.807) is 6.92 Å². The third-order valence-electron chi connectivity index (χ3n) is 2.72. The minimum Gasteiger partial charge on any atom is -0.481 e. The monoisotopic (exact) mass is 199 g/mol. The van der Waals surface area contributed by atoms with E-state index in [9.17, 15) is 9.59 Å². The summed E-state index contributed by atoms with van der Waals surface area (Å²) in [6, 6.07) is 0.150. The van der Waals surface area contributed by atoms with E-state index in [4.69, 9.17) is 5.11 Å². The molecular formula is C10H17NO3. The molecule has 80 valence electrons. The topological polar surface area (TPSA) is 57.6 Å². The molecule has 1 N–H and O–H groups in total. The summed E-state index contributed by atoms with van der Waals surface area (Å²) in [5.74, 6) is -0.709. The van der Waals surface area contributed by atoms with E-state index in [0.29, 0.717) is 6.42 Å². The Morgan fingerprint density at radius 3 is 2.71 bits per heavy atom. The summed E-state index contributed by atoms with van der Waals surface area (Å²) in [6.45, 7) is 2.35. The molecule has 1 heterocycles. The molecule has 0 radical (unpaired) electrons. The Bertz CT molecular complexity index is 227. The Balaban J connectivity index is 2.45. The average Bonchev–Trinajstić information content (AvgIpc) is 2.15. The predicted octanol–water partition coefficient (Wildman–Crippen LogP) is 1.25. The standard InChI is InChI=1S/C10H17NO3/c1-8(12)11-7-3-2-4-9(11)5-6-10(13)14/h9H,2-7H2,1H3,(H,13,14). The lowest BCUT2D eigenvalue weighted by molar-refractivity contribution is -0.139. The highest BCUT2D eigenvalue weighted by Crippen LogP contribution is 2.20. The molecule has 1 fully saturated rings. The van der Waals surface area contributed by atoms with Gasteiger partial charge in [-0.25, -0.2) is 0 Å². The van der Waals surface area contributed by atoms with E-state index in [2.05, 4.69) is 0 Å². The van der Waals surface area contributed by atoms with E-state index < -0.39 is 5.97 Å². The smallest absolute Gasteiger partial charge is 0.303 e. The lowest BCUT2D eigenvalue weighted by Gasteiger charge is -2.34. The Morgan fingerprint density at radius 2 is 2.14 bits per heavy atom. The SMILES string of the molecule is CC(=O)N1CCCCC1CCC(=O)O. The fourth-order valence-electron chi connectivity index (χ4n) is 2.01. The number of nitrogens with zero attached hydrogens (tertiary/aromatic N) is 1. The van der Waals surface area contributed by atoms with Gasteiger partial charge in [0, 0.05) is 25.9 Å². The first-order chi connectivity index (χ1) is 6.61. The van der Waals surface area contributed by atoms with Crippen LogP contribution < -0.4 is 0 Å². The van der Waals surface area contributed by atoms with Crippen LogP contribution in [-0.2, 0) is 9.59 Å². The number of carbonyl (C=O) groups is 2. The molecule has 1 amide bonds. The van der Waals surface area contributed by atoms with Crippen molar-refractivity contribution in [2.24, 2.45) is 0 Å². The molecule has 1 saturated heterocycles. The lowest BCUT2D eigenvalue weighted by atomic mass is 9.98. The first-order valence-electron chi connectivity index (χ1n) is 5.10. The van der Waals surface area contributed by atoms with E-state index in [-0.39, 0.29) is 18.4 Å². The van der Waals surface area contributed by atoms with Crippen molar-refractivity contribution in [3.8, 4) is 0 Å². The number of rotatable bonds is 3. The maximum atomic E-state index is 11.2. The Morgan fingerprint density at radius 1 is 1.43 bits per heavy atom. The van der Waals surface area contributed by atoms with Crippen LogP contribution in [0.1, 0.15) is 39.0 Å². The van der Waals surface area contributed by atoms with Crippen LogP contribution in [-0.4, -0.2) is 34.5 Å². The van der Waals surface area contributed by atoms with Crippen LogP contribution in [0.4, 0.5) is 0 Å². The van der Waals surface area contributed by atoms with Gasteiger partial charge in [-0.2, -0.15) is 0 Å². The van der Waals surface area contributed by atoms with Gasteiger partial charge in [0.05, 0.1) is 0 Å². The summed E-state index contributed by atoms with van der Waals surface area (Å²) in [5, 5.41) is 8.57. The first kappa shape index (κ1) is 11.0. The molecule has 4 heteroatoms. The molecule has 0 spiro atoms. The maximum absolute atomic E-state index is 11.2. The summed E-state index contributed by atoms with van der Waals surface area (Å²) >= 11 is 0. The number of carbonyl (C=O) groups excluding carboxylic acids is 1. The quantitative estimate of drug-likeness (QED) is 0.744. The van der Waals surface area contributed by atoms with Crippen molar-refractivity contribution >= 4 is 11.9 Å². The largest absolute Gasteiger partial charge is 0.481 e. The van der Waals surface area contributed by atoms with Gasteiger partial charge >= 0.3 is 5.97 Å². The summed E-state index contributed by atoms with van der Waals surface area (Å²) in [4.78, 5) is 23.5. The van der Waals surface area contributed by atoms with Crippen LogP contribution in [0, 0.1) is 0 Å². The van der Waals surface area contributed by atoms with Crippen LogP contribution in [0.2, 0.25) is 0 Å². The predicted molar refractivity (Wildman–Crippen MR) is 51.9 cm³/mol. The molecule has 1 atom stereocenters. The van der Waals surface area contributed by atoms with Crippen LogP contribution in [0.5, 0.6) is 0 Å². The number of amides is 1. The first-order valence-corrected chi connectivity index (χ1v) is 5.10. The number of hydrogen-bond donors (Lipinski definition) is 1. The van der Waals surface area contributed by atoms with Gasteiger partial charge in [0.2, 0.25) is 5.91 Å². The molecule has 1 aliphatic heterocycles. The second-order valence-corrected chi connectivity index (χ2v) is 3.79. The fourth-order valence-corrected chi connectivity index (χ4v) is 2.01. The Hall–Kier alpha value is -1.06. The van der Waals surface area contributed by atoms with Gasteiger partial charge in [0.25, 0.3) is 0 Å². The third-order valence-corrected chi connectivity index (χ3v) is 2.72. The second-order valence-electron chi connectivity index (χ2n) is 3.79. The van der Waals surface area contributed by atoms with Crippen LogP contribution in [0.25, 0.3) is 0 Å². The number of likely N-dealkylation sites (tertiary alicyclic amines) is 1. The van der Waals surface area contributed by atoms with Gasteiger partial charge in [-0.1, -0.05) is 0 Å². The van der Waals surface area contributed by atoms with Crippen molar-refractivity contribution in [3.05, 3.63) is 0 Å². The molecule has 0 aromatic carbocycles. The highest BCUT2D eigenvalue weighted by molar-refractivity contribution is 5.74. The summed E-state index contributed by atoms with van der Waals surface area (Å²) < 4.78 is 0. The normalized spacial score (nSPS) is 22.1. The maximum Gasteiger partial charge on any atom is 0.303 e. The average molecular weight is 199 g/mol. The van der Waals surface area contributed by atoms with Crippen molar-refractivity contribution in [1.29, 1.82) is 0 Å². The van der Waals surface area contributed by atoms with Gasteiger partial charge < -0.3 is 10.0 Å². The molecule has 0 aromatic heterocycles. The molecule has 0 aromatic rings. The molecule has 0 saturated carbocycles. The lowest BCUT2D eigenvalue weighted by Crippen LogP contribution is -2.42. The number of piperidine rings is 1. The molecule has 1 unspecified atom stereocenters. The number of carboxylic acids is 1. The van der Waals surface area contributed by atoms with Crippen molar-refractivity contribution in [2.75, 3.05) is 6.54 Å². The number of carboxylic acid groups (broad SMARTS) is 1. The fraction of sp³-hybridized carbons (Fsp3) is 0.800. The Labute approximate surface area is 83.9 Å². The van der Waals surface area contributed by atoms with Crippen molar-refractivity contribution in [3.63, 3.8) is 0 Å². The number of aliphatic carboxylic acids is 1. The molecule has 14 heavy (non-hydrogen) atoms. The molecule has 1 rings (SSSR count). The molecule has 0 aliphatic carbocycles. The van der Waals surface area contributed by atoms with Gasteiger partial charge in [-0.05, 0) is 25.7 Å². The zero-order valence-electron chi connectivity index (χ0n) is 8.53. The summed E-state index contributed by atoms with van der Waals surface area (Å²) in [6.07, 6.45) is 3.85. The molecule has 1 aliphatic rings. The van der Waals surface area contributed by atoms with Crippen LogP contribution >= 0.6 is 0 Å². The molecule has 0 bridgehead atoms. The highest BCUT2D eigenvalue weighted by Gasteiger charge is 2.24. The van der Waals surface area contributed by atoms with Crippen LogP contribution in [0.3, 0.4) is 0 Å². The van der Waals surface area contributed by atoms with Crippen molar-refractivity contribution < 1.29 is 14.7 Å². The third kappa shape index (κ3) is 3.01. The second kappa shape index (κ2) is 4.98. The summed E-state index contributed by atoms with van der Waals surface area (Å²) in [5.41, 5.74) is 0. The zero-order chi connectivity index (χ0) is 10.6. The van der Waals surface area contributed by atoms with Gasteiger partial charge in [-0.3, -0.25) is 9.59 Å². The Kier molecular flexibility index (Phi) is 3.92. The van der Waals surface area contributed by atoms with E-state index in [1.165, 1.54) is 0 Å². The van der Waals surface area contributed by atoms with Crippen LogP contribution in [0.15, 0.2) is 0 Å². The van der Waals surface area contributed by atoms with E-state index >= 15 is 0 Å². The minimum atomic E-state index is -0.779. The van der Waals surface area contributed by atoms with Crippen molar-refractivity contribution in [1.82, 2.24) is 4.90 Å².